The first-order valence-electron chi connectivity index (χ1n) is 7.90. The minimum atomic E-state index is 0.490. The number of fused-ring (bicyclic) bond motifs is 1. The summed E-state index contributed by atoms with van der Waals surface area (Å²) in [6.07, 6.45) is 4.28. The Bertz CT molecular complexity index is 460. The van der Waals surface area contributed by atoms with Crippen molar-refractivity contribution < 1.29 is 0 Å². The summed E-state index contributed by atoms with van der Waals surface area (Å²) in [5.74, 6) is 1.85. The van der Waals surface area contributed by atoms with E-state index in [2.05, 4.69) is 42.3 Å². The van der Waals surface area contributed by atoms with Crippen LogP contribution in [0.25, 0.3) is 0 Å². The van der Waals surface area contributed by atoms with Crippen LogP contribution in [0.3, 0.4) is 0 Å². The monoisotopic (exact) mass is 292 g/mol. The van der Waals surface area contributed by atoms with Crippen molar-refractivity contribution in [3.8, 4) is 0 Å². The molecular formula is C17H25ClN2. The second kappa shape index (κ2) is 5.95. The van der Waals surface area contributed by atoms with Crippen molar-refractivity contribution in [1.82, 2.24) is 5.32 Å². The van der Waals surface area contributed by atoms with Crippen LogP contribution in [0.1, 0.15) is 38.7 Å². The number of hydrogen-bond acceptors (Lipinski definition) is 2. The van der Waals surface area contributed by atoms with Crippen molar-refractivity contribution in [2.24, 2.45) is 11.8 Å². The summed E-state index contributed by atoms with van der Waals surface area (Å²) < 4.78 is 0. The van der Waals surface area contributed by atoms with Gasteiger partial charge in [-0.1, -0.05) is 37.9 Å². The third-order valence-corrected chi connectivity index (χ3v) is 5.18. The normalized spacial score (nSPS) is 25.5. The Morgan fingerprint density at radius 3 is 2.55 bits per heavy atom. The summed E-state index contributed by atoms with van der Waals surface area (Å²) in [4.78, 5) is 2.53. The Kier molecular flexibility index (Phi) is 4.23. The lowest BCUT2D eigenvalue weighted by Gasteiger charge is -2.21. The topological polar surface area (TPSA) is 15.3 Å². The molecule has 1 aromatic rings. The molecule has 3 rings (SSSR count). The van der Waals surface area contributed by atoms with Crippen molar-refractivity contribution >= 4 is 17.3 Å². The van der Waals surface area contributed by atoms with Crippen LogP contribution in [0.2, 0.25) is 5.02 Å². The van der Waals surface area contributed by atoms with Gasteiger partial charge in [0.2, 0.25) is 0 Å². The summed E-state index contributed by atoms with van der Waals surface area (Å²) in [6, 6.07) is 7.06. The van der Waals surface area contributed by atoms with Crippen LogP contribution in [-0.2, 0) is 6.54 Å². The molecule has 2 unspecified atom stereocenters. The lowest BCUT2D eigenvalue weighted by molar-refractivity contribution is 0.494. The predicted molar refractivity (Wildman–Crippen MR) is 86.5 cm³/mol. The Labute approximate surface area is 127 Å². The maximum atomic E-state index is 6.45. The Balaban J connectivity index is 1.68. The van der Waals surface area contributed by atoms with Crippen LogP contribution >= 0.6 is 11.6 Å². The molecule has 0 spiro atoms. The van der Waals surface area contributed by atoms with E-state index < -0.39 is 0 Å². The average Bonchev–Trinajstić information content (AvgIpc) is 2.97. The fourth-order valence-corrected chi connectivity index (χ4v) is 3.88. The maximum absolute atomic E-state index is 6.45. The Morgan fingerprint density at radius 2 is 1.95 bits per heavy atom. The molecule has 0 radical (unpaired) electrons. The number of nitrogens with zero attached hydrogens (tertiary/aromatic N) is 1. The van der Waals surface area contributed by atoms with Gasteiger partial charge in [-0.2, -0.15) is 0 Å². The predicted octanol–water partition coefficient (Wildman–Crippen LogP) is 4.07. The molecule has 2 atom stereocenters. The van der Waals surface area contributed by atoms with Crippen LogP contribution < -0.4 is 10.2 Å². The Morgan fingerprint density at radius 1 is 1.25 bits per heavy atom. The van der Waals surface area contributed by atoms with E-state index in [0.29, 0.717) is 6.04 Å². The molecule has 3 heteroatoms. The van der Waals surface area contributed by atoms with E-state index in [1.165, 1.54) is 43.6 Å². The zero-order valence-corrected chi connectivity index (χ0v) is 13.3. The third kappa shape index (κ3) is 2.96. The van der Waals surface area contributed by atoms with Gasteiger partial charge in [-0.25, -0.2) is 0 Å². The van der Waals surface area contributed by atoms with E-state index in [-0.39, 0.29) is 0 Å². The van der Waals surface area contributed by atoms with E-state index in [1.807, 2.05) is 0 Å². The second-order valence-corrected chi connectivity index (χ2v) is 7.07. The van der Waals surface area contributed by atoms with Crippen molar-refractivity contribution in [1.29, 1.82) is 0 Å². The van der Waals surface area contributed by atoms with Gasteiger partial charge in [0.15, 0.2) is 0 Å². The number of benzene rings is 1. The highest BCUT2D eigenvalue weighted by molar-refractivity contribution is 6.31. The largest absolute Gasteiger partial charge is 0.371 e. The molecule has 2 fully saturated rings. The third-order valence-electron chi connectivity index (χ3n) is 4.83. The van der Waals surface area contributed by atoms with Gasteiger partial charge >= 0.3 is 0 Å². The molecule has 1 N–H and O–H groups in total. The van der Waals surface area contributed by atoms with Gasteiger partial charge in [0.1, 0.15) is 0 Å². The molecule has 1 saturated carbocycles. The van der Waals surface area contributed by atoms with E-state index in [9.17, 15) is 0 Å². The van der Waals surface area contributed by atoms with Gasteiger partial charge in [-0.3, -0.25) is 0 Å². The SMILES string of the molecule is CC(C)NCc1ccc(N2CC3CCCC3C2)cc1Cl. The van der Waals surface area contributed by atoms with Crippen LogP contribution in [-0.4, -0.2) is 19.1 Å². The molecule has 0 amide bonds. The summed E-state index contributed by atoms with van der Waals surface area (Å²) in [5, 5.41) is 4.32. The molecular weight excluding hydrogens is 268 g/mol. The van der Waals surface area contributed by atoms with Gasteiger partial charge < -0.3 is 10.2 Å². The number of hydrogen-bond donors (Lipinski definition) is 1. The standard InChI is InChI=1S/C17H25ClN2/c1-12(2)19-9-13-6-7-16(8-17(13)18)20-10-14-4-3-5-15(14)11-20/h6-8,12,14-15,19H,3-5,9-11H2,1-2H3. The van der Waals surface area contributed by atoms with Gasteiger partial charge in [0, 0.05) is 36.4 Å². The van der Waals surface area contributed by atoms with E-state index >= 15 is 0 Å². The second-order valence-electron chi connectivity index (χ2n) is 6.67. The quantitative estimate of drug-likeness (QED) is 0.900. The first-order valence-corrected chi connectivity index (χ1v) is 8.28. The summed E-state index contributed by atoms with van der Waals surface area (Å²) in [7, 11) is 0. The van der Waals surface area contributed by atoms with Crippen LogP contribution in [0, 0.1) is 11.8 Å². The van der Waals surface area contributed by atoms with Gasteiger partial charge in [0.25, 0.3) is 0 Å². The number of anilines is 1. The van der Waals surface area contributed by atoms with Gasteiger partial charge in [-0.05, 0) is 42.4 Å². The van der Waals surface area contributed by atoms with Crippen LogP contribution in [0.5, 0.6) is 0 Å². The zero-order valence-electron chi connectivity index (χ0n) is 12.5. The van der Waals surface area contributed by atoms with Crippen LogP contribution in [0.4, 0.5) is 5.69 Å². The molecule has 1 heterocycles. The molecule has 0 bridgehead atoms. The maximum Gasteiger partial charge on any atom is 0.0471 e. The molecule has 1 aliphatic carbocycles. The lowest BCUT2D eigenvalue weighted by atomic mass is 10.0. The molecule has 110 valence electrons. The van der Waals surface area contributed by atoms with Crippen molar-refractivity contribution in [2.45, 2.75) is 45.7 Å². The van der Waals surface area contributed by atoms with Gasteiger partial charge in [-0.15, -0.1) is 0 Å². The number of rotatable bonds is 4. The summed E-state index contributed by atoms with van der Waals surface area (Å²) >= 11 is 6.45. The minimum absolute atomic E-state index is 0.490. The van der Waals surface area contributed by atoms with Gasteiger partial charge in [0.05, 0.1) is 0 Å². The first-order chi connectivity index (χ1) is 9.63. The van der Waals surface area contributed by atoms with E-state index in [1.54, 1.807) is 0 Å². The number of halogens is 1. The minimum Gasteiger partial charge on any atom is -0.371 e. The first kappa shape index (κ1) is 14.2. The fourth-order valence-electron chi connectivity index (χ4n) is 3.64. The highest BCUT2D eigenvalue weighted by atomic mass is 35.5. The van der Waals surface area contributed by atoms with Crippen molar-refractivity contribution in [3.63, 3.8) is 0 Å². The molecule has 0 aromatic heterocycles. The van der Waals surface area contributed by atoms with E-state index in [4.69, 9.17) is 11.6 Å². The lowest BCUT2D eigenvalue weighted by Crippen LogP contribution is -2.23. The molecule has 1 saturated heterocycles. The smallest absolute Gasteiger partial charge is 0.0471 e. The fraction of sp³-hybridized carbons (Fsp3) is 0.647. The molecule has 20 heavy (non-hydrogen) atoms. The molecule has 2 aliphatic rings. The Hall–Kier alpha value is -0.730. The zero-order chi connectivity index (χ0) is 14.1. The average molecular weight is 293 g/mol. The number of nitrogens with one attached hydrogen (secondary N) is 1. The van der Waals surface area contributed by atoms with E-state index in [0.717, 1.165) is 23.4 Å². The molecule has 2 nitrogen and oxygen atoms in total. The summed E-state index contributed by atoms with van der Waals surface area (Å²) in [6.45, 7) is 7.62. The highest BCUT2D eigenvalue weighted by Gasteiger charge is 2.36. The highest BCUT2D eigenvalue weighted by Crippen LogP contribution is 2.40. The van der Waals surface area contributed by atoms with Crippen LogP contribution in [0.15, 0.2) is 18.2 Å². The molecule has 1 aromatic carbocycles. The molecule has 1 aliphatic heterocycles. The summed E-state index contributed by atoms with van der Waals surface area (Å²) in [5.41, 5.74) is 2.50. The van der Waals surface area contributed by atoms with Crippen molar-refractivity contribution in [2.75, 3.05) is 18.0 Å². The van der Waals surface area contributed by atoms with Crippen molar-refractivity contribution in [3.05, 3.63) is 28.8 Å².